The maximum Gasteiger partial charge on any atom is 0.307 e. The largest absolute Gasteiger partial charge is 0.469 e. The van der Waals surface area contributed by atoms with Crippen molar-refractivity contribution in [3.63, 3.8) is 0 Å². The van der Waals surface area contributed by atoms with E-state index in [0.29, 0.717) is 5.69 Å². The highest BCUT2D eigenvalue weighted by Gasteiger charge is 2.20. The Balaban J connectivity index is 1.77. The molecule has 0 radical (unpaired) electrons. The molecule has 9 heteroatoms. The van der Waals surface area contributed by atoms with Gasteiger partial charge in [0.15, 0.2) is 0 Å². The number of hydrogen-bond donors (Lipinski definition) is 2. The van der Waals surface area contributed by atoms with Gasteiger partial charge in [-0.1, -0.05) is 6.07 Å². The number of ether oxygens (including phenoxy) is 1. The number of carbonyl (C=O) groups is 3. The van der Waals surface area contributed by atoms with Crippen LogP contribution in [0.1, 0.15) is 17.3 Å². The summed E-state index contributed by atoms with van der Waals surface area (Å²) in [6.45, 7) is 0. The molecule has 2 N–H and O–H groups in total. The van der Waals surface area contributed by atoms with E-state index in [9.17, 15) is 18.8 Å². The van der Waals surface area contributed by atoms with E-state index in [-0.39, 0.29) is 35.6 Å². The molecule has 0 saturated carbocycles. The quantitative estimate of drug-likeness (QED) is 0.621. The molecule has 0 aliphatic heterocycles. The molecule has 2 rings (SSSR count). The minimum absolute atomic E-state index is 0.0402. The van der Waals surface area contributed by atoms with E-state index in [0.717, 1.165) is 16.6 Å². The molecular weight excluding hydrogens is 391 g/mol. The zero-order chi connectivity index (χ0) is 19.6. The van der Waals surface area contributed by atoms with Gasteiger partial charge in [0.1, 0.15) is 5.82 Å². The molecule has 144 valence electrons. The van der Waals surface area contributed by atoms with Crippen LogP contribution in [0.5, 0.6) is 0 Å². The fourth-order valence-corrected chi connectivity index (χ4v) is 3.57. The Bertz CT molecular complexity index is 766. The molecule has 1 heterocycles. The number of benzene rings is 1. The molecule has 0 spiro atoms. The summed E-state index contributed by atoms with van der Waals surface area (Å²) in [5.74, 6) is -1.22. The first-order valence-electron chi connectivity index (χ1n) is 8.00. The lowest BCUT2D eigenvalue weighted by atomic mass is 10.1. The maximum atomic E-state index is 12.8. The molecular formula is C18H19FN2O4S2. The fourth-order valence-electron chi connectivity index (χ4n) is 2.17. The van der Waals surface area contributed by atoms with Gasteiger partial charge in [-0.05, 0) is 35.7 Å². The molecule has 2 aromatic rings. The first-order chi connectivity index (χ1) is 13.0. The third-order valence-electron chi connectivity index (χ3n) is 3.41. The van der Waals surface area contributed by atoms with Crippen molar-refractivity contribution in [2.75, 3.05) is 23.9 Å². The van der Waals surface area contributed by atoms with Crippen LogP contribution in [0.15, 0.2) is 41.8 Å². The molecule has 0 bridgehead atoms. The lowest BCUT2D eigenvalue weighted by Gasteiger charge is -2.16. The minimum atomic E-state index is -0.460. The van der Waals surface area contributed by atoms with Crippen LogP contribution >= 0.6 is 23.1 Å². The molecule has 6 nitrogen and oxygen atoms in total. The van der Waals surface area contributed by atoms with Gasteiger partial charge in [0.25, 0.3) is 0 Å². The molecule has 27 heavy (non-hydrogen) atoms. The Morgan fingerprint density at radius 3 is 2.48 bits per heavy atom. The number of thiophene rings is 1. The number of amides is 2. The highest BCUT2D eigenvalue weighted by molar-refractivity contribution is 8.00. The van der Waals surface area contributed by atoms with Gasteiger partial charge in [-0.3, -0.25) is 14.4 Å². The Morgan fingerprint density at radius 1 is 1.15 bits per heavy atom. The Hall–Kier alpha value is -2.39. The van der Waals surface area contributed by atoms with Gasteiger partial charge >= 0.3 is 5.97 Å². The van der Waals surface area contributed by atoms with E-state index in [1.165, 1.54) is 42.7 Å². The van der Waals surface area contributed by atoms with Gasteiger partial charge in [-0.25, -0.2) is 4.39 Å². The Labute approximate surface area is 164 Å². The number of nitrogens with one attached hydrogen (secondary N) is 2. The average molecular weight is 410 g/mol. The highest BCUT2D eigenvalue weighted by atomic mass is 32.2. The van der Waals surface area contributed by atoms with Crippen LogP contribution in [0.4, 0.5) is 10.1 Å². The molecule has 1 aromatic heterocycles. The second-order valence-electron chi connectivity index (χ2n) is 5.46. The van der Waals surface area contributed by atoms with Crippen molar-refractivity contribution in [2.45, 2.75) is 12.5 Å². The van der Waals surface area contributed by atoms with Crippen LogP contribution in [-0.4, -0.2) is 36.4 Å². The molecule has 0 fully saturated rings. The van der Waals surface area contributed by atoms with E-state index >= 15 is 0 Å². The van der Waals surface area contributed by atoms with Gasteiger partial charge in [0.2, 0.25) is 11.8 Å². The summed E-state index contributed by atoms with van der Waals surface area (Å²) in [6.07, 6.45) is 0.0402. The van der Waals surface area contributed by atoms with E-state index in [4.69, 9.17) is 0 Å². The van der Waals surface area contributed by atoms with Crippen molar-refractivity contribution in [1.82, 2.24) is 5.32 Å². The summed E-state index contributed by atoms with van der Waals surface area (Å²) < 4.78 is 17.5. The van der Waals surface area contributed by atoms with Crippen LogP contribution in [0.3, 0.4) is 0 Å². The zero-order valence-corrected chi connectivity index (χ0v) is 16.2. The van der Waals surface area contributed by atoms with Gasteiger partial charge < -0.3 is 15.4 Å². The fraction of sp³-hybridized carbons (Fsp3) is 0.278. The summed E-state index contributed by atoms with van der Waals surface area (Å²) in [4.78, 5) is 36.4. The predicted octanol–water partition coefficient (Wildman–Crippen LogP) is 2.98. The second kappa shape index (κ2) is 10.7. The predicted molar refractivity (Wildman–Crippen MR) is 104 cm³/mol. The van der Waals surface area contributed by atoms with Crippen molar-refractivity contribution in [1.29, 1.82) is 0 Å². The summed E-state index contributed by atoms with van der Waals surface area (Å²) in [6, 6.07) is 8.64. The molecule has 1 atom stereocenters. The third-order valence-corrected chi connectivity index (χ3v) is 5.33. The van der Waals surface area contributed by atoms with Crippen molar-refractivity contribution in [2.24, 2.45) is 0 Å². The second-order valence-corrected chi connectivity index (χ2v) is 7.43. The summed E-state index contributed by atoms with van der Waals surface area (Å²) in [5, 5.41) is 7.27. The monoisotopic (exact) mass is 410 g/mol. The van der Waals surface area contributed by atoms with E-state index in [1.807, 2.05) is 17.5 Å². The molecule has 0 aliphatic rings. The molecule has 1 unspecified atom stereocenters. The smallest absolute Gasteiger partial charge is 0.307 e. The molecule has 1 aromatic carbocycles. The number of esters is 1. The Morgan fingerprint density at radius 2 is 1.85 bits per heavy atom. The number of halogens is 1. The lowest BCUT2D eigenvalue weighted by molar-refractivity contribution is -0.141. The van der Waals surface area contributed by atoms with Crippen LogP contribution in [0.25, 0.3) is 0 Å². The molecule has 0 saturated heterocycles. The van der Waals surface area contributed by atoms with Crippen LogP contribution < -0.4 is 10.6 Å². The van der Waals surface area contributed by atoms with Gasteiger partial charge in [-0.2, -0.15) is 0 Å². The van der Waals surface area contributed by atoms with E-state index in [1.54, 1.807) is 0 Å². The van der Waals surface area contributed by atoms with Crippen molar-refractivity contribution < 1.29 is 23.5 Å². The standard InChI is InChI=1S/C18H19FN2O4S2/c1-25-18(24)9-14(15-3-2-8-27-15)21-17(23)11-26-10-16(22)20-13-6-4-12(19)5-7-13/h2-8,14H,9-11H2,1H3,(H,20,22)(H,21,23). The average Bonchev–Trinajstić information content (AvgIpc) is 3.17. The van der Waals surface area contributed by atoms with Gasteiger partial charge in [0.05, 0.1) is 31.1 Å². The van der Waals surface area contributed by atoms with Crippen molar-refractivity contribution in [3.05, 3.63) is 52.5 Å². The van der Waals surface area contributed by atoms with Gasteiger partial charge in [0, 0.05) is 10.6 Å². The summed E-state index contributed by atoms with van der Waals surface area (Å²) in [5.41, 5.74) is 0.488. The number of hydrogen-bond acceptors (Lipinski definition) is 6. The van der Waals surface area contributed by atoms with Crippen molar-refractivity contribution in [3.8, 4) is 0 Å². The third kappa shape index (κ3) is 7.40. The number of methoxy groups -OCH3 is 1. The molecule has 2 amide bonds. The SMILES string of the molecule is COC(=O)CC(NC(=O)CSCC(=O)Nc1ccc(F)cc1)c1cccs1. The van der Waals surface area contributed by atoms with Crippen LogP contribution in [0.2, 0.25) is 0 Å². The van der Waals surface area contributed by atoms with Gasteiger partial charge in [-0.15, -0.1) is 23.1 Å². The first kappa shape index (κ1) is 20.9. The van der Waals surface area contributed by atoms with Crippen LogP contribution in [0, 0.1) is 5.82 Å². The summed E-state index contributed by atoms with van der Waals surface area (Å²) in [7, 11) is 1.30. The maximum absolute atomic E-state index is 12.8. The highest BCUT2D eigenvalue weighted by Crippen LogP contribution is 2.22. The van der Waals surface area contributed by atoms with Crippen LogP contribution in [-0.2, 0) is 19.1 Å². The zero-order valence-electron chi connectivity index (χ0n) is 14.6. The number of carbonyl (C=O) groups excluding carboxylic acids is 3. The topological polar surface area (TPSA) is 84.5 Å². The van der Waals surface area contributed by atoms with Crippen molar-refractivity contribution >= 4 is 46.6 Å². The minimum Gasteiger partial charge on any atom is -0.469 e. The van der Waals surface area contributed by atoms with E-state index < -0.39 is 12.0 Å². The number of thioether (sulfide) groups is 1. The molecule has 0 aliphatic carbocycles. The lowest BCUT2D eigenvalue weighted by Crippen LogP contribution is -2.31. The number of rotatable bonds is 9. The number of anilines is 1. The normalized spacial score (nSPS) is 11.5. The van der Waals surface area contributed by atoms with E-state index in [2.05, 4.69) is 15.4 Å². The summed E-state index contributed by atoms with van der Waals surface area (Å²) >= 11 is 2.58. The Kier molecular flexibility index (Phi) is 8.28. The first-order valence-corrected chi connectivity index (χ1v) is 10.0.